The minimum absolute atomic E-state index is 0.00679. The van der Waals surface area contributed by atoms with Crippen molar-refractivity contribution in [2.75, 3.05) is 45.0 Å². The average Bonchev–Trinajstić information content (AvgIpc) is 3.28. The van der Waals surface area contributed by atoms with Gasteiger partial charge < -0.3 is 30.7 Å². The Hall–Kier alpha value is -3.09. The molecule has 0 aliphatic carbocycles. The summed E-state index contributed by atoms with van der Waals surface area (Å²) < 4.78 is 3.25. The second-order valence-electron chi connectivity index (χ2n) is 13.2. The lowest BCUT2D eigenvalue weighted by molar-refractivity contribution is -0.134. The maximum atomic E-state index is 14.1. The lowest BCUT2D eigenvalue weighted by Crippen LogP contribution is -2.56. The summed E-state index contributed by atoms with van der Waals surface area (Å²) in [5.41, 5.74) is 9.24. The Morgan fingerprint density at radius 2 is 1.45 bits per heavy atom. The van der Waals surface area contributed by atoms with Crippen molar-refractivity contribution in [1.82, 2.24) is 29.6 Å². The standard InChI is InChI=1S/C35H45Br2N7O3/c36-28-20-24(21-29(37)32(28)38)22-30(33(45)42-16-10-26(11-17-42)41-14-6-1-2-7-15-41)39-34(46)43-18-12-27(13-19-43)44-23-31(40-35(44)47)25-8-4-3-5-9-25/h3-5,8-9,20-21,23,26-27,30H,1-2,6-7,10-19,22,38H2,(H,39,46)(H,40,47)/t30-/m0/s1. The molecule has 4 N–H and O–H groups in total. The van der Waals surface area contributed by atoms with Crippen molar-refractivity contribution in [2.45, 2.75) is 75.9 Å². The molecule has 0 saturated carbocycles. The van der Waals surface area contributed by atoms with Gasteiger partial charge in [-0.25, -0.2) is 9.59 Å². The molecule has 3 fully saturated rings. The number of hydrogen-bond acceptors (Lipinski definition) is 5. The molecule has 47 heavy (non-hydrogen) atoms. The second-order valence-corrected chi connectivity index (χ2v) is 14.9. The number of hydrogen-bond donors (Lipinski definition) is 3. The molecule has 1 atom stereocenters. The molecule has 2 aromatic carbocycles. The Labute approximate surface area is 293 Å². The van der Waals surface area contributed by atoms with Crippen molar-refractivity contribution in [1.29, 1.82) is 0 Å². The van der Waals surface area contributed by atoms with Crippen molar-refractivity contribution in [3.8, 4) is 11.3 Å². The maximum Gasteiger partial charge on any atom is 0.326 e. The molecule has 0 unspecified atom stereocenters. The van der Waals surface area contributed by atoms with Crippen LogP contribution in [0.5, 0.6) is 0 Å². The van der Waals surface area contributed by atoms with Crippen molar-refractivity contribution in [2.24, 2.45) is 0 Å². The minimum atomic E-state index is -0.710. The molecule has 0 bridgehead atoms. The fourth-order valence-corrected chi connectivity index (χ4v) is 8.64. The lowest BCUT2D eigenvalue weighted by Gasteiger charge is -2.39. The van der Waals surface area contributed by atoms with Gasteiger partial charge in [-0.3, -0.25) is 9.36 Å². The van der Waals surface area contributed by atoms with Crippen LogP contribution in [-0.4, -0.2) is 87.5 Å². The first-order chi connectivity index (χ1) is 22.8. The number of carbonyl (C=O) groups is 2. The van der Waals surface area contributed by atoms with Crippen molar-refractivity contribution < 1.29 is 9.59 Å². The summed E-state index contributed by atoms with van der Waals surface area (Å²) in [6.45, 7) is 4.70. The number of piperidine rings is 2. The smallest absolute Gasteiger partial charge is 0.326 e. The summed E-state index contributed by atoms with van der Waals surface area (Å²) in [4.78, 5) is 49.9. The molecule has 3 aromatic rings. The third-order valence-corrected chi connectivity index (χ3v) is 11.4. The monoisotopic (exact) mass is 769 g/mol. The van der Waals surface area contributed by atoms with Crippen LogP contribution in [0.2, 0.25) is 0 Å². The Morgan fingerprint density at radius 1 is 0.851 bits per heavy atom. The summed E-state index contributed by atoms with van der Waals surface area (Å²) >= 11 is 7.06. The Balaban J connectivity index is 1.11. The zero-order valence-electron chi connectivity index (χ0n) is 26.8. The van der Waals surface area contributed by atoms with Crippen LogP contribution < -0.4 is 16.7 Å². The van der Waals surface area contributed by atoms with E-state index in [0.717, 1.165) is 51.7 Å². The minimum Gasteiger partial charge on any atom is -0.397 e. The van der Waals surface area contributed by atoms with Crippen LogP contribution >= 0.6 is 31.9 Å². The van der Waals surface area contributed by atoms with Gasteiger partial charge >= 0.3 is 11.7 Å². The van der Waals surface area contributed by atoms with E-state index in [1.807, 2.05) is 53.6 Å². The highest BCUT2D eigenvalue weighted by Gasteiger charge is 2.33. The van der Waals surface area contributed by atoms with E-state index in [1.165, 1.54) is 25.7 Å². The molecule has 4 heterocycles. The zero-order chi connectivity index (χ0) is 32.9. The fraction of sp³-hybridized carbons (Fsp3) is 0.514. The number of amides is 3. The third-order valence-electron chi connectivity index (χ3n) is 10.1. The van der Waals surface area contributed by atoms with E-state index >= 15 is 0 Å². The summed E-state index contributed by atoms with van der Waals surface area (Å²) in [6, 6.07) is 13.2. The van der Waals surface area contributed by atoms with Crippen molar-refractivity contribution in [3.05, 3.63) is 73.7 Å². The highest BCUT2D eigenvalue weighted by Crippen LogP contribution is 2.31. The van der Waals surface area contributed by atoms with Crippen LogP contribution in [0.3, 0.4) is 0 Å². The van der Waals surface area contributed by atoms with Crippen LogP contribution in [0.4, 0.5) is 10.5 Å². The molecule has 6 rings (SSSR count). The quantitative estimate of drug-likeness (QED) is 0.264. The van der Waals surface area contributed by atoms with E-state index in [9.17, 15) is 14.4 Å². The molecule has 3 aliphatic rings. The summed E-state index contributed by atoms with van der Waals surface area (Å²) in [7, 11) is 0. The largest absolute Gasteiger partial charge is 0.397 e. The molecule has 1 aromatic heterocycles. The number of halogens is 2. The van der Waals surface area contributed by atoms with Crippen molar-refractivity contribution in [3.63, 3.8) is 0 Å². The number of H-pyrrole nitrogens is 1. The highest BCUT2D eigenvalue weighted by atomic mass is 79.9. The number of rotatable bonds is 7. The SMILES string of the molecule is Nc1c(Br)cc(C[C@H](NC(=O)N2CCC(n3cc(-c4ccccc4)[nH]c3=O)CC2)C(=O)N2CCC(N3CCCCCC3)CC2)cc1Br. The number of likely N-dealkylation sites (tertiary alicyclic amines) is 3. The number of urea groups is 1. The van der Waals surface area contributed by atoms with Gasteiger partial charge in [0.05, 0.1) is 11.4 Å². The first-order valence-electron chi connectivity index (χ1n) is 16.9. The Kier molecular flexibility index (Phi) is 11.1. The van der Waals surface area contributed by atoms with Crippen LogP contribution in [-0.2, 0) is 11.2 Å². The van der Waals surface area contributed by atoms with Crippen LogP contribution in [0.15, 0.2) is 62.4 Å². The summed E-state index contributed by atoms with van der Waals surface area (Å²) in [6.07, 6.45) is 10.6. The van der Waals surface area contributed by atoms with Gasteiger partial charge in [0.15, 0.2) is 0 Å². The van der Waals surface area contributed by atoms with E-state index in [-0.39, 0.29) is 23.7 Å². The van der Waals surface area contributed by atoms with Gasteiger partial charge in [-0.05, 0) is 107 Å². The number of aromatic nitrogens is 2. The van der Waals surface area contributed by atoms with Gasteiger partial charge in [0.25, 0.3) is 0 Å². The molecule has 12 heteroatoms. The second kappa shape index (κ2) is 15.4. The molecular formula is C35H45Br2N7O3. The van der Waals surface area contributed by atoms with Gasteiger partial charge in [0.2, 0.25) is 5.91 Å². The average molecular weight is 772 g/mol. The molecule has 252 valence electrons. The first-order valence-corrected chi connectivity index (χ1v) is 18.5. The molecule has 3 saturated heterocycles. The molecular weight excluding hydrogens is 726 g/mol. The number of nitrogens with two attached hydrogens (primary N) is 1. The fourth-order valence-electron chi connectivity index (χ4n) is 7.36. The van der Waals surface area contributed by atoms with Gasteiger partial charge in [-0.1, -0.05) is 43.2 Å². The van der Waals surface area contributed by atoms with Gasteiger partial charge in [-0.2, -0.15) is 0 Å². The molecule has 10 nitrogen and oxygen atoms in total. The molecule has 3 amide bonds. The Bertz CT molecular complexity index is 1560. The predicted octanol–water partition coefficient (Wildman–Crippen LogP) is 5.78. The molecule has 0 spiro atoms. The van der Waals surface area contributed by atoms with Gasteiger partial charge in [0.1, 0.15) is 6.04 Å². The summed E-state index contributed by atoms with van der Waals surface area (Å²) in [5, 5.41) is 3.11. The van der Waals surface area contributed by atoms with Crippen LogP contribution in [0.25, 0.3) is 11.3 Å². The van der Waals surface area contributed by atoms with Gasteiger partial charge in [-0.15, -0.1) is 0 Å². The number of benzene rings is 2. The highest BCUT2D eigenvalue weighted by molar-refractivity contribution is 9.11. The maximum absolute atomic E-state index is 14.1. The predicted molar refractivity (Wildman–Crippen MR) is 192 cm³/mol. The van der Waals surface area contributed by atoms with E-state index in [2.05, 4.69) is 47.1 Å². The van der Waals surface area contributed by atoms with E-state index in [1.54, 1.807) is 9.47 Å². The van der Waals surface area contributed by atoms with Crippen LogP contribution in [0, 0.1) is 0 Å². The number of imidazole rings is 1. The first kappa shape index (κ1) is 33.8. The third kappa shape index (κ3) is 8.14. The molecule has 0 radical (unpaired) electrons. The van der Waals surface area contributed by atoms with E-state index in [4.69, 9.17) is 5.73 Å². The van der Waals surface area contributed by atoms with Gasteiger partial charge in [0, 0.05) is 59.8 Å². The number of anilines is 1. The number of carbonyl (C=O) groups excluding carboxylic acids is 2. The number of nitrogens with one attached hydrogen (secondary N) is 2. The normalized spacial score (nSPS) is 19.4. The molecule has 3 aliphatic heterocycles. The van der Waals surface area contributed by atoms with E-state index in [0.29, 0.717) is 57.2 Å². The lowest BCUT2D eigenvalue weighted by atomic mass is 9.99. The number of aromatic amines is 1. The number of nitrogens with zero attached hydrogens (tertiary/aromatic N) is 4. The van der Waals surface area contributed by atoms with E-state index < -0.39 is 6.04 Å². The Morgan fingerprint density at radius 3 is 2.09 bits per heavy atom. The topological polar surface area (TPSA) is 120 Å². The summed E-state index contributed by atoms with van der Waals surface area (Å²) in [5.74, 6) is -0.0426. The zero-order valence-corrected chi connectivity index (χ0v) is 30.0. The van der Waals surface area contributed by atoms with Crippen LogP contribution in [0.1, 0.15) is 63.0 Å². The van der Waals surface area contributed by atoms with Crippen molar-refractivity contribution >= 4 is 49.5 Å². The number of nitrogen functional groups attached to an aromatic ring is 1.